The molecule has 0 spiro atoms. The third kappa shape index (κ3) is 7.97. The van der Waals surface area contributed by atoms with Gasteiger partial charge in [0.25, 0.3) is 0 Å². The summed E-state index contributed by atoms with van der Waals surface area (Å²) < 4.78 is 36.3. The largest absolute Gasteiger partial charge is 0.507 e. The molecule has 4 fully saturated rings. The van der Waals surface area contributed by atoms with Crippen molar-refractivity contribution in [1.29, 1.82) is 0 Å². The van der Waals surface area contributed by atoms with E-state index in [1.807, 2.05) is 35.4 Å². The number of carbonyl (C=O) groups excluding carboxylic acids is 6. The lowest BCUT2D eigenvalue weighted by molar-refractivity contribution is -0.257. The number of carbonyl (C=O) groups is 6. The number of Topliss-reactive ketones (excluding diaryl/α,β-unsaturated/α-hetero) is 1. The van der Waals surface area contributed by atoms with Gasteiger partial charge in [-0.2, -0.15) is 11.8 Å². The summed E-state index contributed by atoms with van der Waals surface area (Å²) in [7, 11) is 1.33. The number of hydrogen-bond donors (Lipinski definition) is 4. The summed E-state index contributed by atoms with van der Waals surface area (Å²) in [6, 6.07) is 11.6. The van der Waals surface area contributed by atoms with Gasteiger partial charge >= 0.3 is 5.97 Å². The first-order chi connectivity index (χ1) is 31.7. The Kier molecular flexibility index (Phi) is 12.6. The third-order valence-electron chi connectivity index (χ3n) is 13.6. The van der Waals surface area contributed by atoms with E-state index in [9.17, 15) is 49.2 Å². The van der Waals surface area contributed by atoms with Gasteiger partial charge in [-0.25, -0.2) is 0 Å². The van der Waals surface area contributed by atoms with Crippen LogP contribution in [-0.2, 0) is 62.1 Å². The van der Waals surface area contributed by atoms with Gasteiger partial charge in [-0.1, -0.05) is 36.4 Å². The number of phenolic OH excluding ortho intramolecular Hbond substituents is 2. The number of nitrogens with zero attached hydrogens (tertiary/aromatic N) is 2. The summed E-state index contributed by atoms with van der Waals surface area (Å²) in [6.45, 7) is 1.64. The van der Waals surface area contributed by atoms with E-state index >= 15 is 0 Å². The number of ether oxygens (including phenoxy) is 6. The number of phenols is 2. The van der Waals surface area contributed by atoms with Gasteiger partial charge < -0.3 is 48.8 Å². The smallest absolute Gasteiger partial charge is 0.308 e. The molecule has 1 unspecified atom stereocenters. The van der Waals surface area contributed by atoms with Crippen LogP contribution < -0.4 is 4.74 Å². The molecule has 3 aromatic carbocycles. The molecule has 350 valence electrons. The molecule has 19 heteroatoms. The molecule has 4 N–H and O–H groups in total. The first-order valence-corrected chi connectivity index (χ1v) is 23.2. The van der Waals surface area contributed by atoms with Gasteiger partial charge in [0.05, 0.1) is 47.9 Å². The Bertz CT molecular complexity index is 2500. The van der Waals surface area contributed by atoms with Crippen LogP contribution in [-0.4, -0.2) is 153 Å². The van der Waals surface area contributed by atoms with E-state index in [1.54, 1.807) is 6.92 Å². The van der Waals surface area contributed by atoms with Crippen LogP contribution in [0.15, 0.2) is 42.5 Å². The van der Waals surface area contributed by atoms with Crippen LogP contribution in [0, 0.1) is 0 Å². The second-order valence-electron chi connectivity index (χ2n) is 17.4. The topological polar surface area (TPSA) is 245 Å². The summed E-state index contributed by atoms with van der Waals surface area (Å²) in [5, 5.41) is 44.9. The second kappa shape index (κ2) is 18.1. The van der Waals surface area contributed by atoms with Crippen molar-refractivity contribution >= 4 is 46.9 Å². The molecule has 3 aromatic rings. The molecule has 4 saturated heterocycles. The number of aromatic hydroxyl groups is 2. The summed E-state index contributed by atoms with van der Waals surface area (Å²) in [5.74, 6) is -4.67. The van der Waals surface area contributed by atoms with E-state index in [0.717, 1.165) is 11.1 Å². The van der Waals surface area contributed by atoms with Gasteiger partial charge in [-0.15, -0.1) is 0 Å². The lowest BCUT2D eigenvalue weighted by Gasteiger charge is -2.43. The van der Waals surface area contributed by atoms with Crippen molar-refractivity contribution < 1.29 is 77.6 Å². The molecule has 9 rings (SSSR count). The monoisotopic (exact) mass is 930 g/mol. The first kappa shape index (κ1) is 45.9. The highest BCUT2D eigenvalue weighted by Crippen LogP contribution is 2.53. The highest BCUT2D eigenvalue weighted by Gasteiger charge is 2.56. The first-order valence-electron chi connectivity index (χ1n) is 21.9. The molecule has 0 radical (unpaired) electrons. The standard InChI is InChI=1S/C47H50N2O16S/c1-22-43-27(48-15-16-61-46(45(48)65-43)64-33(53)12-11-23-7-9-24(10-8-23)13-14-49-32(52)18-30(66-3)44(49)58)17-34(62-22)63-29-20-47(59,31(51)21-50)19-26-36(29)42(57)38-37(40(26)55)39(54)25-5-4-6-28(60-2)35(25)41(38)56/h4-10,22,27,29-30,34,43,45-46,50,55,57,59H,11-21H2,1-3H3/t22-,27-,29-,30?,34-,43+,45+,46+,47-/m0/s1. The number of imide groups is 1. The number of aryl methyl sites for hydroxylation is 1. The highest BCUT2D eigenvalue weighted by molar-refractivity contribution is 8.00. The van der Waals surface area contributed by atoms with Gasteiger partial charge in [0.2, 0.25) is 23.9 Å². The maximum absolute atomic E-state index is 14.1. The number of amides is 2. The molecule has 0 aromatic heterocycles. The minimum Gasteiger partial charge on any atom is -0.507 e. The van der Waals surface area contributed by atoms with Crippen molar-refractivity contribution in [1.82, 2.24) is 9.80 Å². The lowest BCUT2D eigenvalue weighted by Crippen LogP contribution is -2.55. The van der Waals surface area contributed by atoms with Gasteiger partial charge in [-0.3, -0.25) is 38.6 Å². The van der Waals surface area contributed by atoms with Crippen molar-refractivity contribution in [2.24, 2.45) is 0 Å². The molecule has 0 bridgehead atoms. The minimum absolute atomic E-state index is 0.0560. The van der Waals surface area contributed by atoms with E-state index in [1.165, 1.54) is 42.0 Å². The number of rotatable bonds is 13. The van der Waals surface area contributed by atoms with Gasteiger partial charge in [-0.05, 0) is 43.2 Å². The quantitative estimate of drug-likeness (QED) is 0.0854. The maximum atomic E-state index is 14.1. The fourth-order valence-electron chi connectivity index (χ4n) is 10.2. The summed E-state index contributed by atoms with van der Waals surface area (Å²) in [5.41, 5.74) is -1.93. The molecule has 2 amide bonds. The Morgan fingerprint density at radius 3 is 2.38 bits per heavy atom. The average molecular weight is 931 g/mol. The predicted molar refractivity (Wildman–Crippen MR) is 230 cm³/mol. The maximum Gasteiger partial charge on any atom is 0.308 e. The number of likely N-dealkylation sites (tertiary alicyclic amines) is 1. The highest BCUT2D eigenvalue weighted by atomic mass is 32.2. The van der Waals surface area contributed by atoms with Gasteiger partial charge in [0, 0.05) is 67.9 Å². The van der Waals surface area contributed by atoms with Crippen molar-refractivity contribution in [3.63, 3.8) is 0 Å². The Labute approximate surface area is 383 Å². The molecule has 0 saturated carbocycles. The van der Waals surface area contributed by atoms with Crippen LogP contribution >= 0.6 is 11.8 Å². The Morgan fingerprint density at radius 2 is 1.68 bits per heavy atom. The van der Waals surface area contributed by atoms with Gasteiger partial charge in [0.1, 0.15) is 35.6 Å². The molecular weight excluding hydrogens is 881 g/mol. The molecule has 4 heterocycles. The fraction of sp³-hybridized carbons (Fsp3) is 0.489. The molecule has 9 atom stereocenters. The van der Waals surface area contributed by atoms with E-state index in [0.29, 0.717) is 25.9 Å². The number of ketones is 3. The number of thioether (sulfide) groups is 1. The normalized spacial score (nSPS) is 29.2. The van der Waals surface area contributed by atoms with E-state index in [4.69, 9.17) is 28.4 Å². The average Bonchev–Trinajstić information content (AvgIpc) is 3.83. The molecule has 2 aliphatic carbocycles. The number of benzene rings is 3. The number of esters is 1. The predicted octanol–water partition coefficient (Wildman–Crippen LogP) is 2.27. The number of morpholine rings is 1. The molecule has 66 heavy (non-hydrogen) atoms. The second-order valence-corrected chi connectivity index (χ2v) is 18.4. The summed E-state index contributed by atoms with van der Waals surface area (Å²) in [4.78, 5) is 82.4. The summed E-state index contributed by atoms with van der Waals surface area (Å²) in [6.07, 6.45) is -3.41. The Morgan fingerprint density at radius 1 is 0.955 bits per heavy atom. The Hall–Kier alpha value is -5.25. The molecule has 4 aliphatic heterocycles. The number of hydrogen-bond acceptors (Lipinski definition) is 18. The zero-order valence-corrected chi connectivity index (χ0v) is 37.2. The van der Waals surface area contributed by atoms with E-state index in [2.05, 4.69) is 0 Å². The SMILES string of the molecule is COc1cccc2c1C(=O)c1c(O)c3c(c(O)c1C2=O)C[C@@](O)(C(=O)CO)C[C@@H]3O[C@H]1C[C@H]2[C@H](O[C@@H]3[C@@H](OC(=O)CCc4ccc(CCN5C(=O)CC(SC)C5=O)cc4)OCCN32)[C@H](C)O1. The summed E-state index contributed by atoms with van der Waals surface area (Å²) >= 11 is 1.38. The number of aliphatic hydroxyl groups is 2. The Balaban J connectivity index is 0.876. The number of aliphatic hydroxyl groups excluding tert-OH is 1. The molecular formula is C47H50N2O16S. The van der Waals surface area contributed by atoms with Crippen molar-refractivity contribution in [3.8, 4) is 17.2 Å². The third-order valence-corrected chi connectivity index (χ3v) is 14.5. The zero-order valence-electron chi connectivity index (χ0n) is 36.4. The van der Waals surface area contributed by atoms with Crippen LogP contribution in [0.5, 0.6) is 17.2 Å². The number of methoxy groups -OCH3 is 1. The lowest BCUT2D eigenvalue weighted by atomic mass is 9.72. The van der Waals surface area contributed by atoms with E-state index < -0.39 is 108 Å². The van der Waals surface area contributed by atoms with Crippen LogP contribution in [0.1, 0.15) is 92.8 Å². The number of fused-ring (bicyclic) bond motifs is 6. The molecule has 6 aliphatic rings. The zero-order chi connectivity index (χ0) is 46.8. The van der Waals surface area contributed by atoms with E-state index in [-0.39, 0.29) is 77.0 Å². The van der Waals surface area contributed by atoms with Crippen LogP contribution in [0.25, 0.3) is 0 Å². The van der Waals surface area contributed by atoms with Gasteiger partial charge in [0.15, 0.2) is 24.1 Å². The van der Waals surface area contributed by atoms with Crippen molar-refractivity contribution in [2.75, 3.05) is 39.7 Å². The van der Waals surface area contributed by atoms with Crippen LogP contribution in [0.2, 0.25) is 0 Å². The fourth-order valence-corrected chi connectivity index (χ4v) is 10.9. The van der Waals surface area contributed by atoms with Crippen LogP contribution in [0.3, 0.4) is 0 Å². The van der Waals surface area contributed by atoms with Crippen molar-refractivity contribution in [3.05, 3.63) is 87.0 Å². The minimum atomic E-state index is -2.31. The molecule has 18 nitrogen and oxygen atoms in total. The van der Waals surface area contributed by atoms with Crippen molar-refractivity contribution in [2.45, 2.75) is 106 Å². The van der Waals surface area contributed by atoms with Crippen LogP contribution in [0.4, 0.5) is 0 Å².